The van der Waals surface area contributed by atoms with Gasteiger partial charge in [0, 0.05) is 31.9 Å². The number of likely N-dealkylation sites (N-methyl/N-ethyl adjacent to an activating group) is 1. The first-order valence-electron chi connectivity index (χ1n) is 11.4. The average molecular weight is 450 g/mol. The molecular formula is C25H31N5O3. The Morgan fingerprint density at radius 1 is 1.09 bits per heavy atom. The van der Waals surface area contributed by atoms with Crippen LogP contribution in [0.1, 0.15) is 18.1 Å². The maximum atomic E-state index is 13.7. The lowest BCUT2D eigenvalue weighted by Crippen LogP contribution is -2.66. The Morgan fingerprint density at radius 2 is 1.88 bits per heavy atom. The van der Waals surface area contributed by atoms with Crippen molar-refractivity contribution in [3.8, 4) is 5.75 Å². The molecule has 0 radical (unpaired) electrons. The van der Waals surface area contributed by atoms with Crippen molar-refractivity contribution in [3.63, 3.8) is 0 Å². The van der Waals surface area contributed by atoms with Gasteiger partial charge < -0.3 is 14.5 Å². The molecule has 8 nitrogen and oxygen atoms in total. The number of hydrogen-bond donors (Lipinski definition) is 1. The van der Waals surface area contributed by atoms with Gasteiger partial charge in [0.25, 0.3) is 5.91 Å². The number of nitrogens with zero attached hydrogens (tertiary/aromatic N) is 4. The summed E-state index contributed by atoms with van der Waals surface area (Å²) in [5, 5.41) is 3.57. The highest BCUT2D eigenvalue weighted by molar-refractivity contribution is 6.00. The second-order valence-corrected chi connectivity index (χ2v) is 9.39. The summed E-state index contributed by atoms with van der Waals surface area (Å²) in [6.45, 7) is 6.12. The molecule has 33 heavy (non-hydrogen) atoms. The smallest absolute Gasteiger partial charge is 0.328 e. The van der Waals surface area contributed by atoms with Crippen molar-refractivity contribution in [2.45, 2.75) is 38.9 Å². The predicted molar refractivity (Wildman–Crippen MR) is 126 cm³/mol. The standard InChI is InChI=1S/C25H31N5O3/c1-16-7-5-8-18(11-16)15-30-23(31)21-22(27(3)25(30)32)26-24-28(13-17(2)14-29(21)24)19-9-6-10-20(12-19)33-4/h5-12,17,21-22,24,26H,13-15H2,1-4H3. The molecule has 3 fully saturated rings. The Hall–Kier alpha value is -3.10. The molecule has 0 aliphatic carbocycles. The van der Waals surface area contributed by atoms with Crippen LogP contribution in [0.15, 0.2) is 48.5 Å². The maximum Gasteiger partial charge on any atom is 0.328 e. The molecule has 3 saturated heterocycles. The normalized spacial score (nSPS) is 27.6. The Labute approximate surface area is 194 Å². The van der Waals surface area contributed by atoms with E-state index in [9.17, 15) is 9.59 Å². The highest BCUT2D eigenvalue weighted by atomic mass is 16.5. The number of hydrogen-bond acceptors (Lipinski definition) is 6. The minimum Gasteiger partial charge on any atom is -0.497 e. The number of methoxy groups -OCH3 is 1. The van der Waals surface area contributed by atoms with Gasteiger partial charge in [-0.3, -0.25) is 19.9 Å². The van der Waals surface area contributed by atoms with Crippen molar-refractivity contribution < 1.29 is 14.3 Å². The van der Waals surface area contributed by atoms with E-state index in [1.54, 1.807) is 19.1 Å². The number of carbonyl (C=O) groups excluding carboxylic acids is 2. The molecule has 0 spiro atoms. The number of urea groups is 1. The topological polar surface area (TPSA) is 68.4 Å². The van der Waals surface area contributed by atoms with Crippen LogP contribution in [0, 0.1) is 12.8 Å². The molecule has 2 aromatic carbocycles. The minimum absolute atomic E-state index is 0.140. The molecular weight excluding hydrogens is 418 g/mol. The molecule has 4 unspecified atom stereocenters. The number of carbonyl (C=O) groups is 2. The van der Waals surface area contributed by atoms with Crippen LogP contribution in [0.25, 0.3) is 0 Å². The van der Waals surface area contributed by atoms with Crippen molar-refractivity contribution in [1.82, 2.24) is 20.0 Å². The van der Waals surface area contributed by atoms with E-state index in [0.717, 1.165) is 35.7 Å². The minimum atomic E-state index is -0.432. The van der Waals surface area contributed by atoms with E-state index in [1.165, 1.54) is 4.90 Å². The lowest BCUT2D eigenvalue weighted by molar-refractivity contribution is -0.139. The van der Waals surface area contributed by atoms with Crippen LogP contribution in [-0.2, 0) is 11.3 Å². The van der Waals surface area contributed by atoms with Crippen LogP contribution in [0.3, 0.4) is 0 Å². The lowest BCUT2D eigenvalue weighted by atomic mass is 10.0. The van der Waals surface area contributed by atoms with Crippen LogP contribution in [0.5, 0.6) is 5.75 Å². The van der Waals surface area contributed by atoms with E-state index >= 15 is 0 Å². The molecule has 3 heterocycles. The highest BCUT2D eigenvalue weighted by Crippen LogP contribution is 2.35. The van der Waals surface area contributed by atoms with Gasteiger partial charge >= 0.3 is 6.03 Å². The summed E-state index contributed by atoms with van der Waals surface area (Å²) in [6.07, 6.45) is -0.552. The van der Waals surface area contributed by atoms with E-state index in [-0.39, 0.29) is 30.9 Å². The second-order valence-electron chi connectivity index (χ2n) is 9.39. The summed E-state index contributed by atoms with van der Waals surface area (Å²) in [4.78, 5) is 34.5. The predicted octanol–water partition coefficient (Wildman–Crippen LogP) is 2.44. The first-order chi connectivity index (χ1) is 15.9. The maximum absolute atomic E-state index is 13.7. The SMILES string of the molecule is COc1cccc(N2CC(C)CN3C4C(=O)N(Cc5cccc(C)c5)C(=O)N(C)C4NC23)c1. The van der Waals surface area contributed by atoms with Gasteiger partial charge in [-0.15, -0.1) is 0 Å². The first kappa shape index (κ1) is 21.7. The van der Waals surface area contributed by atoms with Crippen LogP contribution in [0.4, 0.5) is 10.5 Å². The third-order valence-electron chi connectivity index (χ3n) is 6.89. The number of fused-ring (bicyclic) bond motifs is 3. The van der Waals surface area contributed by atoms with Gasteiger partial charge in [0.15, 0.2) is 0 Å². The zero-order valence-electron chi connectivity index (χ0n) is 19.6. The number of aryl methyl sites for hydroxylation is 1. The summed E-state index contributed by atoms with van der Waals surface area (Å²) >= 11 is 0. The largest absolute Gasteiger partial charge is 0.497 e. The van der Waals surface area contributed by atoms with Crippen molar-refractivity contribution in [2.24, 2.45) is 5.92 Å². The van der Waals surface area contributed by atoms with E-state index in [1.807, 2.05) is 49.4 Å². The second kappa shape index (κ2) is 8.35. The number of benzene rings is 2. The van der Waals surface area contributed by atoms with Crippen molar-refractivity contribution >= 4 is 17.6 Å². The fraction of sp³-hybridized carbons (Fsp3) is 0.440. The van der Waals surface area contributed by atoms with Crippen molar-refractivity contribution in [2.75, 3.05) is 32.1 Å². The van der Waals surface area contributed by atoms with Gasteiger partial charge in [-0.1, -0.05) is 42.8 Å². The molecule has 8 heteroatoms. The zero-order valence-corrected chi connectivity index (χ0v) is 19.6. The monoisotopic (exact) mass is 449 g/mol. The zero-order chi connectivity index (χ0) is 23.3. The Bertz CT molecular complexity index is 1080. The molecule has 3 aliphatic heterocycles. The number of rotatable bonds is 4. The van der Waals surface area contributed by atoms with Gasteiger partial charge in [0.1, 0.15) is 24.2 Å². The van der Waals surface area contributed by atoms with Crippen molar-refractivity contribution in [1.29, 1.82) is 0 Å². The van der Waals surface area contributed by atoms with Crippen LogP contribution in [0.2, 0.25) is 0 Å². The molecule has 2 aromatic rings. The first-order valence-corrected chi connectivity index (χ1v) is 11.4. The molecule has 0 saturated carbocycles. The molecule has 0 aromatic heterocycles. The van der Waals surface area contributed by atoms with Crippen LogP contribution in [-0.4, -0.2) is 72.4 Å². The number of amides is 3. The van der Waals surface area contributed by atoms with E-state index < -0.39 is 6.04 Å². The van der Waals surface area contributed by atoms with Gasteiger partial charge in [0.2, 0.25) is 0 Å². The van der Waals surface area contributed by atoms with E-state index in [2.05, 4.69) is 28.1 Å². The Morgan fingerprint density at radius 3 is 2.64 bits per heavy atom. The summed E-state index contributed by atoms with van der Waals surface area (Å²) < 4.78 is 5.43. The third kappa shape index (κ3) is 3.73. The van der Waals surface area contributed by atoms with Gasteiger partial charge in [-0.05, 0) is 30.5 Å². The van der Waals surface area contributed by atoms with Crippen LogP contribution < -0.4 is 15.0 Å². The van der Waals surface area contributed by atoms with Gasteiger partial charge in [-0.25, -0.2) is 4.79 Å². The molecule has 3 aliphatic rings. The summed E-state index contributed by atoms with van der Waals surface area (Å²) in [6, 6.07) is 15.2. The molecule has 5 rings (SSSR count). The molecule has 4 atom stereocenters. The van der Waals surface area contributed by atoms with E-state index in [0.29, 0.717) is 5.92 Å². The lowest BCUT2D eigenvalue weighted by Gasteiger charge is -2.46. The van der Waals surface area contributed by atoms with Crippen molar-refractivity contribution in [3.05, 3.63) is 59.7 Å². The molecule has 174 valence electrons. The number of imide groups is 1. The average Bonchev–Trinajstić information content (AvgIpc) is 3.19. The number of ether oxygens (including phenoxy) is 1. The quantitative estimate of drug-likeness (QED) is 0.774. The molecule has 0 bridgehead atoms. The summed E-state index contributed by atoms with van der Waals surface area (Å²) in [7, 11) is 3.44. The van der Waals surface area contributed by atoms with Gasteiger partial charge in [-0.2, -0.15) is 0 Å². The fourth-order valence-corrected chi connectivity index (χ4v) is 5.35. The number of nitrogens with one attached hydrogen (secondary N) is 1. The van der Waals surface area contributed by atoms with Crippen LogP contribution >= 0.6 is 0 Å². The Kier molecular flexibility index (Phi) is 5.50. The Balaban J connectivity index is 1.46. The fourth-order valence-electron chi connectivity index (χ4n) is 5.35. The molecule has 3 amide bonds. The third-order valence-corrected chi connectivity index (χ3v) is 6.89. The number of anilines is 1. The van der Waals surface area contributed by atoms with E-state index in [4.69, 9.17) is 4.74 Å². The van der Waals surface area contributed by atoms with Gasteiger partial charge in [0.05, 0.1) is 13.7 Å². The highest BCUT2D eigenvalue weighted by Gasteiger charge is 2.56. The summed E-state index contributed by atoms with van der Waals surface area (Å²) in [5.74, 6) is 1.01. The summed E-state index contributed by atoms with van der Waals surface area (Å²) in [5.41, 5.74) is 3.09. The molecule has 1 N–H and O–H groups in total.